The van der Waals surface area contributed by atoms with E-state index in [9.17, 15) is 0 Å². The molecule has 0 N–H and O–H groups in total. The average molecular weight is 744 g/mol. The minimum absolute atomic E-state index is 0.547. The van der Waals surface area contributed by atoms with Gasteiger partial charge in [0.25, 0.3) is 0 Å². The van der Waals surface area contributed by atoms with Crippen LogP contribution in [0.2, 0.25) is 0 Å². The second-order valence-electron chi connectivity index (χ2n) is 14.8. The monoisotopic (exact) mass is 743 g/mol. The summed E-state index contributed by atoms with van der Waals surface area (Å²) in [5.74, 6) is 0. The number of hydrogen-bond donors (Lipinski definition) is 0. The minimum Gasteiger partial charge on any atom is -0.310 e. The zero-order valence-corrected chi connectivity index (χ0v) is 32.1. The molecule has 2 aliphatic carbocycles. The zero-order valence-electron chi connectivity index (χ0n) is 31.3. The van der Waals surface area contributed by atoms with Gasteiger partial charge in [0.1, 0.15) is 0 Å². The second-order valence-corrected chi connectivity index (χ2v) is 15.9. The van der Waals surface area contributed by atoms with E-state index >= 15 is 0 Å². The highest BCUT2D eigenvalue weighted by molar-refractivity contribution is 7.26. The van der Waals surface area contributed by atoms with Crippen molar-refractivity contribution >= 4 is 59.7 Å². The van der Waals surface area contributed by atoms with Gasteiger partial charge in [-0.1, -0.05) is 170 Å². The van der Waals surface area contributed by atoms with Gasteiger partial charge in [-0.05, 0) is 110 Å². The molecular formula is C55H37NS. The first-order valence-corrected chi connectivity index (χ1v) is 20.4. The summed E-state index contributed by atoms with van der Waals surface area (Å²) >= 11 is 1.89. The van der Waals surface area contributed by atoms with Crippen molar-refractivity contribution in [1.82, 2.24) is 0 Å². The van der Waals surface area contributed by atoms with Gasteiger partial charge in [-0.25, -0.2) is 0 Å². The molecule has 2 heteroatoms. The van der Waals surface area contributed by atoms with Crippen LogP contribution in [0, 0.1) is 0 Å². The quantitative estimate of drug-likeness (QED) is 0.147. The first kappa shape index (κ1) is 33.3. The van der Waals surface area contributed by atoms with Crippen molar-refractivity contribution in [3.05, 3.63) is 247 Å². The molecule has 0 amide bonds. The topological polar surface area (TPSA) is 3.24 Å². The molecule has 1 nitrogen and oxygen atoms in total. The molecule has 1 unspecified atom stereocenters. The number of para-hydroxylation sites is 1. The summed E-state index contributed by atoms with van der Waals surface area (Å²) in [4.78, 5) is 2.38. The van der Waals surface area contributed by atoms with E-state index < -0.39 is 5.41 Å². The molecule has 1 spiro atoms. The van der Waals surface area contributed by atoms with Gasteiger partial charge in [0.05, 0.1) is 5.41 Å². The Morgan fingerprint density at radius 2 is 1.09 bits per heavy atom. The van der Waals surface area contributed by atoms with E-state index in [1.807, 2.05) is 17.4 Å². The van der Waals surface area contributed by atoms with Crippen LogP contribution in [0.15, 0.2) is 219 Å². The minimum atomic E-state index is -0.547. The van der Waals surface area contributed by atoms with Crippen LogP contribution in [-0.2, 0) is 5.41 Å². The first-order chi connectivity index (χ1) is 28.3. The van der Waals surface area contributed by atoms with E-state index in [0.717, 1.165) is 17.1 Å². The van der Waals surface area contributed by atoms with Gasteiger partial charge in [-0.2, -0.15) is 0 Å². The molecule has 9 aromatic rings. The van der Waals surface area contributed by atoms with Crippen LogP contribution in [0.1, 0.15) is 27.8 Å². The van der Waals surface area contributed by atoms with Crippen LogP contribution < -0.4 is 4.90 Å². The second kappa shape index (κ2) is 13.3. The standard InChI is InChI=1S/C55H37NS/c1-2-3-23-44-43-24-10-13-27-47(43)55(48-28-14-11-25-45(48)52-49(55)34-35-51-53(52)46-26-12-15-29-50(46)57-51)54(44)39-19-16-22-42(36-39)56(40-20-8-5-9-21-40)41-32-30-38(31-33-41)37-17-6-4-7-18-37/h2-36H,1H2/b23-3-. The summed E-state index contributed by atoms with van der Waals surface area (Å²) in [6.45, 7) is 4.11. The van der Waals surface area contributed by atoms with Gasteiger partial charge in [0.15, 0.2) is 0 Å². The molecule has 8 aromatic carbocycles. The van der Waals surface area contributed by atoms with Gasteiger partial charge in [-0.3, -0.25) is 0 Å². The molecule has 1 atom stereocenters. The van der Waals surface area contributed by atoms with Crippen molar-refractivity contribution in [2.24, 2.45) is 0 Å². The lowest BCUT2D eigenvalue weighted by atomic mass is 9.67. The molecule has 11 rings (SSSR count). The normalized spacial score (nSPS) is 15.4. The molecule has 268 valence electrons. The molecule has 0 saturated carbocycles. The highest BCUT2D eigenvalue weighted by Crippen LogP contribution is 2.66. The van der Waals surface area contributed by atoms with Crippen molar-refractivity contribution in [3.8, 4) is 22.3 Å². The number of anilines is 3. The smallest absolute Gasteiger partial charge is 0.0731 e. The fourth-order valence-corrected chi connectivity index (χ4v) is 10.7. The predicted octanol–water partition coefficient (Wildman–Crippen LogP) is 15.2. The first-order valence-electron chi connectivity index (χ1n) is 19.5. The zero-order chi connectivity index (χ0) is 37.9. The molecule has 2 aliphatic rings. The van der Waals surface area contributed by atoms with Crippen LogP contribution in [0.25, 0.3) is 53.6 Å². The summed E-state index contributed by atoms with van der Waals surface area (Å²) in [6.07, 6.45) is 6.26. The van der Waals surface area contributed by atoms with Crippen LogP contribution in [0.5, 0.6) is 0 Å². The average Bonchev–Trinajstić information content (AvgIpc) is 3.90. The molecule has 0 fully saturated rings. The van der Waals surface area contributed by atoms with Crippen molar-refractivity contribution in [2.75, 3.05) is 4.90 Å². The molecule has 0 bridgehead atoms. The Morgan fingerprint density at radius 3 is 1.88 bits per heavy atom. The molecule has 0 radical (unpaired) electrons. The maximum atomic E-state index is 4.11. The fourth-order valence-electron chi connectivity index (χ4n) is 9.63. The van der Waals surface area contributed by atoms with Crippen LogP contribution in [0.3, 0.4) is 0 Å². The van der Waals surface area contributed by atoms with Gasteiger partial charge in [-0.15, -0.1) is 11.3 Å². The van der Waals surface area contributed by atoms with E-state index in [0.29, 0.717) is 0 Å². The van der Waals surface area contributed by atoms with Crippen molar-refractivity contribution < 1.29 is 0 Å². The third-order valence-electron chi connectivity index (χ3n) is 11.9. The Bertz CT molecular complexity index is 3080. The number of fused-ring (bicyclic) bond motifs is 11. The van der Waals surface area contributed by atoms with Gasteiger partial charge >= 0.3 is 0 Å². The van der Waals surface area contributed by atoms with Crippen LogP contribution >= 0.6 is 11.3 Å². The highest BCUT2D eigenvalue weighted by Gasteiger charge is 2.53. The van der Waals surface area contributed by atoms with Crippen LogP contribution in [0.4, 0.5) is 17.1 Å². The maximum Gasteiger partial charge on any atom is 0.0731 e. The Hall–Kier alpha value is -7.00. The van der Waals surface area contributed by atoms with Gasteiger partial charge < -0.3 is 4.90 Å². The lowest BCUT2D eigenvalue weighted by molar-refractivity contribution is 0.843. The number of nitrogens with zero attached hydrogens (tertiary/aromatic N) is 1. The Labute approximate surface area is 337 Å². The lowest BCUT2D eigenvalue weighted by Crippen LogP contribution is -2.26. The van der Waals surface area contributed by atoms with E-state index in [1.54, 1.807) is 0 Å². The Kier molecular flexibility index (Phi) is 7.80. The van der Waals surface area contributed by atoms with Crippen molar-refractivity contribution in [3.63, 3.8) is 0 Å². The molecule has 1 aromatic heterocycles. The third-order valence-corrected chi connectivity index (χ3v) is 13.0. The Balaban J connectivity index is 1.18. The third kappa shape index (κ3) is 5.01. The van der Waals surface area contributed by atoms with E-state index in [4.69, 9.17) is 0 Å². The summed E-state index contributed by atoms with van der Waals surface area (Å²) < 4.78 is 2.64. The van der Waals surface area contributed by atoms with Crippen molar-refractivity contribution in [1.29, 1.82) is 0 Å². The summed E-state index contributed by atoms with van der Waals surface area (Å²) in [5.41, 5.74) is 16.8. The van der Waals surface area contributed by atoms with E-state index in [1.165, 1.54) is 81.4 Å². The van der Waals surface area contributed by atoms with Gasteiger partial charge in [0.2, 0.25) is 0 Å². The summed E-state index contributed by atoms with van der Waals surface area (Å²) in [7, 11) is 0. The molecule has 57 heavy (non-hydrogen) atoms. The number of rotatable bonds is 7. The van der Waals surface area contributed by atoms with Crippen LogP contribution in [-0.4, -0.2) is 0 Å². The van der Waals surface area contributed by atoms with Crippen molar-refractivity contribution in [2.45, 2.75) is 5.41 Å². The summed E-state index contributed by atoms with van der Waals surface area (Å²) in [6, 6.07) is 71.4. The molecule has 0 aliphatic heterocycles. The lowest BCUT2D eigenvalue weighted by Gasteiger charge is -2.34. The SMILES string of the molecule is C=C/C=C\C1=C(c2cccc(N(c3ccccc3)c3ccc(-c4ccccc4)cc3)c2)C2(c3ccccc31)c1ccccc1-c1c2ccc2sc3ccccc3c12. The van der Waals surface area contributed by atoms with E-state index in [-0.39, 0.29) is 0 Å². The maximum absolute atomic E-state index is 4.11. The predicted molar refractivity (Wildman–Crippen MR) is 244 cm³/mol. The fraction of sp³-hybridized carbons (Fsp3) is 0.0182. The number of allylic oxidation sites excluding steroid dienone is 5. The number of thiophene rings is 1. The molecular weight excluding hydrogens is 707 g/mol. The largest absolute Gasteiger partial charge is 0.310 e. The van der Waals surface area contributed by atoms with Gasteiger partial charge in [0, 0.05) is 37.2 Å². The number of benzene rings is 8. The Morgan fingerprint density at radius 1 is 0.474 bits per heavy atom. The molecule has 0 saturated heterocycles. The summed E-state index contributed by atoms with van der Waals surface area (Å²) in [5, 5.41) is 2.68. The highest BCUT2D eigenvalue weighted by atomic mass is 32.1. The molecule has 1 heterocycles. The number of hydrogen-bond acceptors (Lipinski definition) is 2. The van der Waals surface area contributed by atoms with E-state index in [2.05, 4.69) is 218 Å².